The topological polar surface area (TPSA) is 0 Å². The fourth-order valence-corrected chi connectivity index (χ4v) is 5.11. The molecule has 1 heteroatoms. The minimum absolute atomic E-state index is 0.885. The molecule has 0 saturated heterocycles. The van der Waals surface area contributed by atoms with Gasteiger partial charge in [0, 0.05) is 0 Å². The van der Waals surface area contributed by atoms with E-state index in [9.17, 15) is 0 Å². The quantitative estimate of drug-likeness (QED) is 0.0926. The van der Waals surface area contributed by atoms with Gasteiger partial charge in [-0.05, 0) is 18.5 Å². The minimum atomic E-state index is 0.885. The van der Waals surface area contributed by atoms with Crippen molar-refractivity contribution in [2.24, 2.45) is 0 Å². The van der Waals surface area contributed by atoms with E-state index in [0.29, 0.717) is 0 Å². The first kappa shape index (κ1) is 30.4. The predicted octanol–water partition coefficient (Wildman–Crippen LogP) is 11.4. The van der Waals surface area contributed by atoms with Crippen molar-refractivity contribution < 1.29 is 0 Å². The minimum Gasteiger partial charge on any atom is -0.134 e. The number of hydrogen-bond acceptors (Lipinski definition) is 0. The zero-order valence-electron chi connectivity index (χ0n) is 21.5. The largest absolute Gasteiger partial charge is 0.134 e. The van der Waals surface area contributed by atoms with Crippen molar-refractivity contribution in [1.82, 2.24) is 0 Å². The summed E-state index contributed by atoms with van der Waals surface area (Å²) < 4.78 is 0. The lowest BCUT2D eigenvalue weighted by Gasteiger charge is -2.11. The van der Waals surface area contributed by atoms with Crippen LogP contribution < -0.4 is 0 Å². The second kappa shape index (κ2) is 27.5. The van der Waals surface area contributed by atoms with Crippen LogP contribution in [0.5, 0.6) is 0 Å². The van der Waals surface area contributed by atoms with Crippen LogP contribution in [0.15, 0.2) is 0 Å². The average molecular weight is 441 g/mol. The van der Waals surface area contributed by atoms with Crippen molar-refractivity contribution in [2.75, 3.05) is 0 Å². The van der Waals surface area contributed by atoms with Gasteiger partial charge in [0.05, 0.1) is 0 Å². The molecular weight excluding hydrogens is 379 g/mol. The highest BCUT2D eigenvalue weighted by Gasteiger charge is 2.02. The van der Waals surface area contributed by atoms with Crippen LogP contribution in [-0.4, -0.2) is 5.66 Å². The van der Waals surface area contributed by atoms with Crippen molar-refractivity contribution in [3.8, 4) is 0 Å². The highest BCUT2D eigenvalue weighted by atomic mass is 31.0. The first-order valence-electron chi connectivity index (χ1n) is 14.6. The summed E-state index contributed by atoms with van der Waals surface area (Å²) >= 11 is 0. The summed E-state index contributed by atoms with van der Waals surface area (Å²) in [4.78, 5) is 0. The maximum Gasteiger partial charge on any atom is -0.0264 e. The zero-order chi connectivity index (χ0) is 22.0. The summed E-state index contributed by atoms with van der Waals surface area (Å²) in [6.45, 7) is 4.61. The van der Waals surface area contributed by atoms with Gasteiger partial charge in [-0.3, -0.25) is 0 Å². The molecule has 1 unspecified atom stereocenters. The third-order valence-corrected chi connectivity index (χ3v) is 7.52. The molecule has 0 nitrogen and oxygen atoms in total. The maximum atomic E-state index is 3.14. The van der Waals surface area contributed by atoms with Crippen molar-refractivity contribution in [3.05, 3.63) is 0 Å². The molecule has 0 aliphatic carbocycles. The van der Waals surface area contributed by atoms with Crippen LogP contribution in [-0.2, 0) is 0 Å². The Labute approximate surface area is 195 Å². The summed E-state index contributed by atoms with van der Waals surface area (Å²) in [5.74, 6) is 0. The van der Waals surface area contributed by atoms with Gasteiger partial charge in [0.15, 0.2) is 0 Å². The summed E-state index contributed by atoms with van der Waals surface area (Å²) in [5.41, 5.74) is 0.885. The van der Waals surface area contributed by atoms with Crippen LogP contribution in [0.2, 0.25) is 0 Å². The van der Waals surface area contributed by atoms with Gasteiger partial charge in [0.25, 0.3) is 0 Å². The standard InChI is InChI=1S/C29H61P/c1-3-5-7-9-11-13-15-17-19-21-23-25-27-29(30)28-26-24-22-20-18-16-14-12-10-8-6-4-2/h29H,3-28,30H2,1-2H3. The molecule has 0 aliphatic heterocycles. The monoisotopic (exact) mass is 440 g/mol. The van der Waals surface area contributed by atoms with Gasteiger partial charge < -0.3 is 0 Å². The van der Waals surface area contributed by atoms with E-state index in [4.69, 9.17) is 0 Å². The Balaban J connectivity index is 3.13. The summed E-state index contributed by atoms with van der Waals surface area (Å²) in [5, 5.41) is 0. The van der Waals surface area contributed by atoms with E-state index in [2.05, 4.69) is 23.1 Å². The number of rotatable bonds is 26. The molecule has 0 N–H and O–H groups in total. The van der Waals surface area contributed by atoms with Gasteiger partial charge in [-0.25, -0.2) is 0 Å². The Kier molecular flexibility index (Phi) is 27.9. The molecule has 30 heavy (non-hydrogen) atoms. The van der Waals surface area contributed by atoms with E-state index in [-0.39, 0.29) is 0 Å². The van der Waals surface area contributed by atoms with Crippen LogP contribution in [0.3, 0.4) is 0 Å². The molecule has 182 valence electrons. The van der Waals surface area contributed by atoms with Crippen molar-refractivity contribution in [1.29, 1.82) is 0 Å². The molecule has 0 spiro atoms. The second-order valence-electron chi connectivity index (χ2n) is 10.1. The van der Waals surface area contributed by atoms with E-state index in [0.717, 1.165) is 5.66 Å². The lowest BCUT2D eigenvalue weighted by Crippen LogP contribution is -1.97. The fraction of sp³-hybridized carbons (Fsp3) is 1.00. The molecular formula is C29H61P. The van der Waals surface area contributed by atoms with E-state index < -0.39 is 0 Å². The molecule has 0 aromatic heterocycles. The van der Waals surface area contributed by atoms with E-state index in [1.165, 1.54) is 167 Å². The van der Waals surface area contributed by atoms with Crippen LogP contribution in [0.4, 0.5) is 0 Å². The third-order valence-electron chi connectivity index (χ3n) is 6.86. The summed E-state index contributed by atoms with van der Waals surface area (Å²) in [7, 11) is 3.14. The lowest BCUT2D eigenvalue weighted by molar-refractivity contribution is 0.519. The van der Waals surface area contributed by atoms with E-state index in [1.807, 2.05) is 0 Å². The second-order valence-corrected chi connectivity index (χ2v) is 11.1. The Morgan fingerprint density at radius 3 is 0.767 bits per heavy atom. The Morgan fingerprint density at radius 2 is 0.533 bits per heavy atom. The highest BCUT2D eigenvalue weighted by Crippen LogP contribution is 2.20. The van der Waals surface area contributed by atoms with Gasteiger partial charge in [0.2, 0.25) is 0 Å². The van der Waals surface area contributed by atoms with Crippen LogP contribution >= 0.6 is 9.24 Å². The average Bonchev–Trinajstić information content (AvgIpc) is 2.75. The van der Waals surface area contributed by atoms with Gasteiger partial charge in [0.1, 0.15) is 0 Å². The molecule has 0 bridgehead atoms. The van der Waals surface area contributed by atoms with Crippen LogP contribution in [0.1, 0.15) is 181 Å². The van der Waals surface area contributed by atoms with Crippen molar-refractivity contribution in [3.63, 3.8) is 0 Å². The summed E-state index contributed by atoms with van der Waals surface area (Å²) in [6, 6.07) is 0. The van der Waals surface area contributed by atoms with Crippen LogP contribution in [0, 0.1) is 0 Å². The fourth-order valence-electron chi connectivity index (χ4n) is 4.64. The van der Waals surface area contributed by atoms with Crippen molar-refractivity contribution >= 4 is 9.24 Å². The first-order chi connectivity index (χ1) is 14.8. The lowest BCUT2D eigenvalue weighted by atomic mass is 10.0. The van der Waals surface area contributed by atoms with Gasteiger partial charge >= 0.3 is 0 Å². The van der Waals surface area contributed by atoms with Gasteiger partial charge in [-0.15, -0.1) is 9.24 Å². The molecule has 1 atom stereocenters. The predicted molar refractivity (Wildman–Crippen MR) is 145 cm³/mol. The molecule has 0 aromatic carbocycles. The number of unbranched alkanes of at least 4 members (excludes halogenated alkanes) is 22. The smallest absolute Gasteiger partial charge is 0.0264 e. The van der Waals surface area contributed by atoms with Crippen LogP contribution in [0.25, 0.3) is 0 Å². The molecule has 0 heterocycles. The van der Waals surface area contributed by atoms with E-state index >= 15 is 0 Å². The molecule has 0 aromatic rings. The van der Waals surface area contributed by atoms with Gasteiger partial charge in [-0.1, -0.05) is 168 Å². The molecule has 0 radical (unpaired) electrons. The Bertz CT molecular complexity index is 260. The van der Waals surface area contributed by atoms with Gasteiger partial charge in [-0.2, -0.15) is 0 Å². The maximum absolute atomic E-state index is 3.14. The summed E-state index contributed by atoms with van der Waals surface area (Å²) in [6.07, 6.45) is 38.0. The molecule has 0 fully saturated rings. The third kappa shape index (κ3) is 26.5. The number of hydrogen-bond donors (Lipinski definition) is 0. The normalized spacial score (nSPS) is 11.6. The molecule has 0 aliphatic rings. The highest BCUT2D eigenvalue weighted by molar-refractivity contribution is 7.17. The Morgan fingerprint density at radius 1 is 0.333 bits per heavy atom. The van der Waals surface area contributed by atoms with Crippen molar-refractivity contribution in [2.45, 2.75) is 186 Å². The van der Waals surface area contributed by atoms with E-state index in [1.54, 1.807) is 0 Å². The molecule has 0 saturated carbocycles. The Hall–Kier alpha value is 0.430. The molecule has 0 amide bonds. The SMILES string of the molecule is CCCCCCCCCCCCCCC(P)CCCCCCCCCCCCCC. The molecule has 0 rings (SSSR count). The first-order valence-corrected chi connectivity index (χ1v) is 15.2. The zero-order valence-corrected chi connectivity index (χ0v) is 22.7.